The van der Waals surface area contributed by atoms with Crippen LogP contribution in [0.4, 0.5) is 0 Å². The quantitative estimate of drug-likeness (QED) is 0.442. The molecule has 0 fully saturated rings. The van der Waals surface area contributed by atoms with E-state index < -0.39 is 9.84 Å². The minimum absolute atomic E-state index is 0.216. The second-order valence-corrected chi connectivity index (χ2v) is 9.74. The molecular weight excluding hydrogens is 432 g/mol. The summed E-state index contributed by atoms with van der Waals surface area (Å²) >= 11 is 6.11. The summed E-state index contributed by atoms with van der Waals surface area (Å²) in [4.78, 5) is 13.8. The third-order valence-electron chi connectivity index (χ3n) is 4.96. The standard InChI is InChI=1S/C24H19ClN2O3S/c1-16-6-8-18(9-7-16)23-22(17-10-12-21(13-11-17)31(2,29)30)15-26-27(24(23)28)20-5-3-4-19(25)14-20/h3-15H,1-2H3. The van der Waals surface area contributed by atoms with E-state index in [1.54, 1.807) is 42.6 Å². The van der Waals surface area contributed by atoms with E-state index in [1.807, 2.05) is 31.2 Å². The highest BCUT2D eigenvalue weighted by molar-refractivity contribution is 7.90. The Morgan fingerprint density at radius 1 is 0.903 bits per heavy atom. The van der Waals surface area contributed by atoms with Crippen molar-refractivity contribution in [3.05, 3.63) is 99.9 Å². The van der Waals surface area contributed by atoms with Gasteiger partial charge in [0.15, 0.2) is 9.84 Å². The average Bonchev–Trinajstić information content (AvgIpc) is 2.74. The minimum atomic E-state index is -3.32. The fraction of sp³-hybridized carbons (Fsp3) is 0.0833. The molecule has 0 N–H and O–H groups in total. The molecular formula is C24H19ClN2O3S. The zero-order valence-corrected chi connectivity index (χ0v) is 18.5. The summed E-state index contributed by atoms with van der Waals surface area (Å²) in [5.41, 5.74) is 3.88. The van der Waals surface area contributed by atoms with E-state index in [4.69, 9.17) is 11.6 Å². The topological polar surface area (TPSA) is 69.0 Å². The number of aryl methyl sites for hydroxylation is 1. The maximum Gasteiger partial charge on any atom is 0.279 e. The summed E-state index contributed by atoms with van der Waals surface area (Å²) in [5, 5.41) is 4.87. The third-order valence-corrected chi connectivity index (χ3v) is 6.33. The molecule has 1 heterocycles. The van der Waals surface area contributed by atoms with E-state index in [9.17, 15) is 13.2 Å². The Morgan fingerprint density at radius 2 is 1.55 bits per heavy atom. The molecule has 3 aromatic carbocycles. The summed E-state index contributed by atoms with van der Waals surface area (Å²) in [6.45, 7) is 1.98. The smallest absolute Gasteiger partial charge is 0.267 e. The van der Waals surface area contributed by atoms with Gasteiger partial charge in [-0.1, -0.05) is 59.6 Å². The summed E-state index contributed by atoms with van der Waals surface area (Å²) in [6.07, 6.45) is 2.78. The lowest BCUT2D eigenvalue weighted by Gasteiger charge is -2.13. The molecule has 0 unspecified atom stereocenters. The van der Waals surface area contributed by atoms with E-state index >= 15 is 0 Å². The second kappa shape index (κ2) is 8.13. The van der Waals surface area contributed by atoms with Gasteiger partial charge in [0.1, 0.15) is 0 Å². The van der Waals surface area contributed by atoms with Gasteiger partial charge in [0.2, 0.25) is 0 Å². The van der Waals surface area contributed by atoms with Crippen LogP contribution in [0.25, 0.3) is 27.9 Å². The zero-order chi connectivity index (χ0) is 22.2. The first-order valence-corrected chi connectivity index (χ1v) is 11.8. The maximum atomic E-state index is 13.5. The molecule has 5 nitrogen and oxygen atoms in total. The summed E-state index contributed by atoms with van der Waals surface area (Å²) < 4.78 is 24.9. The van der Waals surface area contributed by atoms with Crippen LogP contribution in [0.2, 0.25) is 5.02 Å². The molecule has 0 radical (unpaired) electrons. The lowest BCUT2D eigenvalue weighted by molar-refractivity contribution is 0.602. The molecule has 0 saturated carbocycles. The highest BCUT2D eigenvalue weighted by atomic mass is 35.5. The van der Waals surface area contributed by atoms with Gasteiger partial charge in [0.25, 0.3) is 5.56 Å². The third kappa shape index (κ3) is 4.31. The Bertz CT molecular complexity index is 1430. The molecule has 4 aromatic rings. The number of aromatic nitrogens is 2. The lowest BCUT2D eigenvalue weighted by atomic mass is 9.96. The molecule has 0 aliphatic carbocycles. The van der Waals surface area contributed by atoms with Crippen molar-refractivity contribution in [3.8, 4) is 27.9 Å². The number of halogens is 1. The van der Waals surface area contributed by atoms with Gasteiger partial charge < -0.3 is 0 Å². The maximum absolute atomic E-state index is 13.5. The van der Waals surface area contributed by atoms with Crippen LogP contribution >= 0.6 is 11.6 Å². The van der Waals surface area contributed by atoms with Crippen LogP contribution in [-0.4, -0.2) is 24.5 Å². The van der Waals surface area contributed by atoms with Gasteiger partial charge in [-0.2, -0.15) is 9.78 Å². The van der Waals surface area contributed by atoms with Crippen LogP contribution in [0.1, 0.15) is 5.56 Å². The first-order chi connectivity index (χ1) is 14.7. The fourth-order valence-corrected chi connectivity index (χ4v) is 4.16. The predicted octanol–water partition coefficient (Wildman–Crippen LogP) is 4.93. The van der Waals surface area contributed by atoms with E-state index in [1.165, 1.54) is 16.8 Å². The van der Waals surface area contributed by atoms with Crippen molar-refractivity contribution >= 4 is 21.4 Å². The summed E-state index contributed by atoms with van der Waals surface area (Å²) in [6, 6.07) is 21.0. The van der Waals surface area contributed by atoms with Crippen molar-refractivity contribution in [3.63, 3.8) is 0 Å². The van der Waals surface area contributed by atoms with E-state index in [-0.39, 0.29) is 10.5 Å². The Morgan fingerprint density at radius 3 is 2.16 bits per heavy atom. The molecule has 0 aliphatic heterocycles. The number of benzene rings is 3. The van der Waals surface area contributed by atoms with Crippen LogP contribution in [-0.2, 0) is 9.84 Å². The summed E-state index contributed by atoms with van der Waals surface area (Å²) in [5.74, 6) is 0. The van der Waals surface area contributed by atoms with Crippen LogP contribution in [0.3, 0.4) is 0 Å². The largest absolute Gasteiger partial charge is 0.279 e. The van der Waals surface area contributed by atoms with Gasteiger partial charge >= 0.3 is 0 Å². The van der Waals surface area contributed by atoms with Crippen molar-refractivity contribution in [2.24, 2.45) is 0 Å². The number of nitrogens with zero attached hydrogens (tertiary/aromatic N) is 2. The molecule has 4 rings (SSSR count). The van der Waals surface area contributed by atoms with Crippen molar-refractivity contribution in [1.29, 1.82) is 0 Å². The van der Waals surface area contributed by atoms with Gasteiger partial charge in [-0.15, -0.1) is 0 Å². The normalized spacial score (nSPS) is 11.5. The monoisotopic (exact) mass is 450 g/mol. The molecule has 0 saturated heterocycles. The molecule has 0 spiro atoms. The molecule has 0 atom stereocenters. The van der Waals surface area contributed by atoms with E-state index in [2.05, 4.69) is 5.10 Å². The highest BCUT2D eigenvalue weighted by Crippen LogP contribution is 2.30. The van der Waals surface area contributed by atoms with Crippen LogP contribution in [0, 0.1) is 6.92 Å². The Labute approximate surface area is 185 Å². The molecule has 31 heavy (non-hydrogen) atoms. The minimum Gasteiger partial charge on any atom is -0.267 e. The number of rotatable bonds is 4. The molecule has 0 bridgehead atoms. The number of sulfone groups is 1. The summed E-state index contributed by atoms with van der Waals surface area (Å²) in [7, 11) is -3.32. The van der Waals surface area contributed by atoms with Crippen LogP contribution in [0.15, 0.2) is 88.7 Å². The second-order valence-electron chi connectivity index (χ2n) is 7.29. The predicted molar refractivity (Wildman–Crippen MR) is 124 cm³/mol. The molecule has 0 amide bonds. The van der Waals surface area contributed by atoms with Gasteiger partial charge in [-0.3, -0.25) is 4.79 Å². The number of hydrogen-bond acceptors (Lipinski definition) is 4. The zero-order valence-electron chi connectivity index (χ0n) is 16.9. The Kier molecular flexibility index (Phi) is 5.52. The molecule has 0 aliphatic rings. The fourth-order valence-electron chi connectivity index (χ4n) is 3.35. The van der Waals surface area contributed by atoms with E-state index in [0.717, 1.165) is 17.4 Å². The van der Waals surface area contributed by atoms with Crippen molar-refractivity contribution in [1.82, 2.24) is 9.78 Å². The number of hydrogen-bond donors (Lipinski definition) is 0. The van der Waals surface area contributed by atoms with Crippen molar-refractivity contribution in [2.75, 3.05) is 6.26 Å². The van der Waals surface area contributed by atoms with E-state index in [0.29, 0.717) is 27.4 Å². The lowest BCUT2D eigenvalue weighted by Crippen LogP contribution is -2.23. The van der Waals surface area contributed by atoms with Crippen molar-refractivity contribution < 1.29 is 8.42 Å². The molecule has 1 aromatic heterocycles. The van der Waals surface area contributed by atoms with Crippen LogP contribution in [0.5, 0.6) is 0 Å². The SMILES string of the molecule is Cc1ccc(-c2c(-c3ccc(S(C)(=O)=O)cc3)cnn(-c3cccc(Cl)c3)c2=O)cc1. The highest BCUT2D eigenvalue weighted by Gasteiger charge is 2.17. The van der Waals surface area contributed by atoms with Crippen LogP contribution < -0.4 is 5.56 Å². The Hall–Kier alpha value is -3.22. The van der Waals surface area contributed by atoms with Gasteiger partial charge in [0, 0.05) is 16.8 Å². The van der Waals surface area contributed by atoms with Gasteiger partial charge in [0.05, 0.1) is 22.3 Å². The first kappa shape index (κ1) is 21.0. The van der Waals surface area contributed by atoms with Gasteiger partial charge in [-0.25, -0.2) is 8.42 Å². The Balaban J connectivity index is 1.96. The average molecular weight is 451 g/mol. The molecule has 156 valence electrons. The van der Waals surface area contributed by atoms with Gasteiger partial charge in [-0.05, 0) is 48.4 Å². The van der Waals surface area contributed by atoms with Crippen molar-refractivity contribution in [2.45, 2.75) is 11.8 Å². The first-order valence-electron chi connectivity index (χ1n) is 9.50. The molecule has 7 heteroatoms.